The third-order valence-corrected chi connectivity index (χ3v) is 7.83. The number of hydrogen-bond donors (Lipinski definition) is 3. The van der Waals surface area contributed by atoms with Gasteiger partial charge in [0, 0.05) is 35.6 Å². The molecule has 1 amide bonds. The SMILES string of the molecule is CCOc1cc(C(=O)Nc2cc(C(F)(F)F)ccn2)ccc1-c1nc(C2C[C@@H]3[C@H](C2)[C@@H]3C(=O)O)n2ccnc(N)c12. The summed E-state index contributed by atoms with van der Waals surface area (Å²) >= 11 is 0. The molecule has 0 radical (unpaired) electrons. The van der Waals surface area contributed by atoms with Gasteiger partial charge in [-0.25, -0.2) is 15.0 Å². The fourth-order valence-electron chi connectivity index (χ4n) is 5.98. The van der Waals surface area contributed by atoms with Crippen LogP contribution in [-0.4, -0.2) is 42.9 Å². The number of benzene rings is 1. The maximum Gasteiger partial charge on any atom is 0.416 e. The summed E-state index contributed by atoms with van der Waals surface area (Å²) in [4.78, 5) is 37.4. The molecule has 1 aromatic carbocycles. The standard InChI is InChI=1S/C28H25F3N6O4/c1-2-41-19-11-13(26(38)35-20-12-15(5-6-33-20)28(29,30)31)3-4-16(19)22-23-24(32)34-7-8-37(23)25(36-22)14-9-17-18(10-14)21(17)27(39)40/h3-8,11-12,14,17-18,21H,2,9-10H2,1H3,(H2,32,34)(H,39,40)(H,33,35,38)/t14?,17-,18+,21-. The van der Waals surface area contributed by atoms with E-state index in [9.17, 15) is 27.9 Å². The number of carboxylic acids is 1. The van der Waals surface area contributed by atoms with Crippen LogP contribution in [0.4, 0.5) is 24.8 Å². The molecule has 6 rings (SSSR count). The topological polar surface area (TPSA) is 145 Å². The number of halogens is 3. The zero-order valence-corrected chi connectivity index (χ0v) is 21.7. The van der Waals surface area contributed by atoms with Crippen molar-refractivity contribution in [3.05, 3.63) is 65.9 Å². The summed E-state index contributed by atoms with van der Waals surface area (Å²) in [5, 5.41) is 11.8. The Kier molecular flexibility index (Phi) is 6.31. The molecule has 2 aliphatic rings. The highest BCUT2D eigenvalue weighted by Crippen LogP contribution is 2.62. The monoisotopic (exact) mass is 566 g/mol. The molecule has 3 aromatic heterocycles. The summed E-state index contributed by atoms with van der Waals surface area (Å²) in [6, 6.07) is 6.23. The number of aromatic nitrogens is 4. The Balaban J connectivity index is 1.34. The first-order valence-electron chi connectivity index (χ1n) is 13.0. The molecule has 13 heteroatoms. The highest BCUT2D eigenvalue weighted by Gasteiger charge is 2.60. The number of nitrogens with two attached hydrogens (primary N) is 1. The second kappa shape index (κ2) is 9.75. The number of carboxylic acid groups (broad SMARTS) is 1. The molecule has 2 saturated carbocycles. The number of amides is 1. The maximum atomic E-state index is 13.1. The number of carbonyl (C=O) groups is 2. The van der Waals surface area contributed by atoms with Crippen molar-refractivity contribution in [2.75, 3.05) is 17.7 Å². The van der Waals surface area contributed by atoms with E-state index in [1.165, 1.54) is 12.1 Å². The molecule has 0 saturated heterocycles. The molecule has 0 aliphatic heterocycles. The van der Waals surface area contributed by atoms with Gasteiger partial charge in [0.15, 0.2) is 0 Å². The molecule has 4 aromatic rings. The largest absolute Gasteiger partial charge is 0.493 e. The number of aliphatic carboxylic acids is 1. The molecule has 0 bridgehead atoms. The molecular formula is C28H25F3N6O4. The van der Waals surface area contributed by atoms with Gasteiger partial charge in [-0.3, -0.25) is 14.0 Å². The number of ether oxygens (including phenoxy) is 1. The highest BCUT2D eigenvalue weighted by molar-refractivity contribution is 6.04. The molecule has 4 atom stereocenters. The molecule has 41 heavy (non-hydrogen) atoms. The van der Waals surface area contributed by atoms with Crippen molar-refractivity contribution >= 4 is 29.0 Å². The fraction of sp³-hybridized carbons (Fsp3) is 0.321. The number of nitrogens with zero attached hydrogens (tertiary/aromatic N) is 4. The minimum absolute atomic E-state index is 0.0456. The van der Waals surface area contributed by atoms with Gasteiger partial charge in [-0.1, -0.05) is 0 Å². The summed E-state index contributed by atoms with van der Waals surface area (Å²) in [5.74, 6) is -0.322. The average molecular weight is 567 g/mol. The number of nitrogen functional groups attached to an aromatic ring is 1. The molecule has 4 N–H and O–H groups in total. The minimum Gasteiger partial charge on any atom is -0.493 e. The van der Waals surface area contributed by atoms with E-state index in [-0.39, 0.29) is 47.5 Å². The molecule has 3 heterocycles. The highest BCUT2D eigenvalue weighted by atomic mass is 19.4. The fourth-order valence-corrected chi connectivity index (χ4v) is 5.98. The second-order valence-electron chi connectivity index (χ2n) is 10.2. The number of alkyl halides is 3. The van der Waals surface area contributed by atoms with E-state index < -0.39 is 23.6 Å². The van der Waals surface area contributed by atoms with E-state index in [1.54, 1.807) is 25.4 Å². The lowest BCUT2D eigenvalue weighted by molar-refractivity contribution is -0.139. The summed E-state index contributed by atoms with van der Waals surface area (Å²) in [5.41, 5.74) is 7.11. The van der Waals surface area contributed by atoms with Crippen LogP contribution in [0, 0.1) is 17.8 Å². The number of nitrogens with one attached hydrogen (secondary N) is 1. The van der Waals surface area contributed by atoms with Gasteiger partial charge in [0.05, 0.1) is 18.1 Å². The lowest BCUT2D eigenvalue weighted by atomic mass is 9.99. The van der Waals surface area contributed by atoms with Crippen LogP contribution in [0.2, 0.25) is 0 Å². The van der Waals surface area contributed by atoms with Crippen molar-refractivity contribution in [1.82, 2.24) is 19.4 Å². The van der Waals surface area contributed by atoms with Crippen LogP contribution in [0.5, 0.6) is 5.75 Å². The van der Waals surface area contributed by atoms with Crippen molar-refractivity contribution in [2.24, 2.45) is 17.8 Å². The minimum atomic E-state index is -4.58. The number of rotatable bonds is 7. The maximum absolute atomic E-state index is 13.1. The second-order valence-corrected chi connectivity index (χ2v) is 10.2. The number of hydrogen-bond acceptors (Lipinski definition) is 7. The van der Waals surface area contributed by atoms with Gasteiger partial charge in [-0.05, 0) is 61.9 Å². The zero-order chi connectivity index (χ0) is 29.1. The van der Waals surface area contributed by atoms with Gasteiger partial charge in [0.1, 0.15) is 34.4 Å². The molecule has 2 fully saturated rings. The Morgan fingerprint density at radius 1 is 1.15 bits per heavy atom. The van der Waals surface area contributed by atoms with E-state index in [1.807, 2.05) is 4.40 Å². The molecular weight excluding hydrogens is 541 g/mol. The normalized spacial score (nSPS) is 21.5. The predicted molar refractivity (Wildman–Crippen MR) is 141 cm³/mol. The van der Waals surface area contributed by atoms with Gasteiger partial charge in [-0.15, -0.1) is 0 Å². The molecule has 212 valence electrons. The van der Waals surface area contributed by atoms with E-state index >= 15 is 0 Å². The Hall–Kier alpha value is -4.68. The summed E-state index contributed by atoms with van der Waals surface area (Å²) < 4.78 is 47.0. The first-order valence-corrected chi connectivity index (χ1v) is 13.0. The molecule has 10 nitrogen and oxygen atoms in total. The van der Waals surface area contributed by atoms with Crippen LogP contribution in [0.3, 0.4) is 0 Å². The Morgan fingerprint density at radius 2 is 1.90 bits per heavy atom. The smallest absolute Gasteiger partial charge is 0.416 e. The first kappa shape index (κ1) is 26.5. The van der Waals surface area contributed by atoms with Crippen molar-refractivity contribution in [3.63, 3.8) is 0 Å². The number of anilines is 2. The zero-order valence-electron chi connectivity index (χ0n) is 21.7. The van der Waals surface area contributed by atoms with Crippen molar-refractivity contribution < 1.29 is 32.6 Å². The van der Waals surface area contributed by atoms with Gasteiger partial charge in [-0.2, -0.15) is 13.2 Å². The number of fused-ring (bicyclic) bond motifs is 2. The Morgan fingerprint density at radius 3 is 2.59 bits per heavy atom. The van der Waals surface area contributed by atoms with Gasteiger partial charge in [0.25, 0.3) is 5.91 Å². The quantitative estimate of drug-likeness (QED) is 0.287. The third kappa shape index (κ3) is 4.70. The number of pyridine rings is 1. The lowest BCUT2D eigenvalue weighted by Gasteiger charge is -2.12. The van der Waals surface area contributed by atoms with Crippen LogP contribution >= 0.6 is 0 Å². The summed E-state index contributed by atoms with van der Waals surface area (Å²) in [7, 11) is 0. The van der Waals surface area contributed by atoms with Gasteiger partial charge < -0.3 is 20.9 Å². The molecule has 1 unspecified atom stereocenters. The first-order chi connectivity index (χ1) is 19.6. The van der Waals surface area contributed by atoms with Crippen molar-refractivity contribution in [3.8, 4) is 17.0 Å². The molecule has 0 spiro atoms. The Bertz CT molecular complexity index is 1680. The van der Waals surface area contributed by atoms with E-state index in [0.29, 0.717) is 35.4 Å². The van der Waals surface area contributed by atoms with Crippen molar-refractivity contribution in [1.29, 1.82) is 0 Å². The Labute approximate surface area is 231 Å². The van der Waals surface area contributed by atoms with E-state index in [4.69, 9.17) is 15.5 Å². The third-order valence-electron chi connectivity index (χ3n) is 7.83. The van der Waals surface area contributed by atoms with Gasteiger partial charge in [0.2, 0.25) is 0 Å². The van der Waals surface area contributed by atoms with Crippen LogP contribution < -0.4 is 15.8 Å². The van der Waals surface area contributed by atoms with Gasteiger partial charge >= 0.3 is 12.1 Å². The average Bonchev–Trinajstić information content (AvgIpc) is 3.24. The predicted octanol–water partition coefficient (Wildman–Crippen LogP) is 4.87. The van der Waals surface area contributed by atoms with Crippen molar-refractivity contribution in [2.45, 2.75) is 31.9 Å². The number of carbonyl (C=O) groups excluding carboxylic acids is 1. The van der Waals surface area contributed by atoms with E-state index in [2.05, 4.69) is 15.3 Å². The number of imidazole rings is 1. The molecule has 2 aliphatic carbocycles. The van der Waals surface area contributed by atoms with Crippen LogP contribution in [0.25, 0.3) is 16.8 Å². The van der Waals surface area contributed by atoms with Crippen LogP contribution in [0.15, 0.2) is 48.9 Å². The lowest BCUT2D eigenvalue weighted by Crippen LogP contribution is -2.14. The van der Waals surface area contributed by atoms with E-state index in [0.717, 1.165) is 24.2 Å². The summed E-state index contributed by atoms with van der Waals surface area (Å²) in [6.07, 6.45) is 1.16. The summed E-state index contributed by atoms with van der Waals surface area (Å²) in [6.45, 7) is 2.04. The van der Waals surface area contributed by atoms with Crippen LogP contribution in [-0.2, 0) is 11.0 Å². The van der Waals surface area contributed by atoms with Crippen LogP contribution in [0.1, 0.15) is 47.4 Å².